The van der Waals surface area contributed by atoms with Crippen molar-refractivity contribution in [2.45, 2.75) is 19.8 Å². The first kappa shape index (κ1) is 25.8. The molecule has 1 atom stereocenters. The Morgan fingerprint density at radius 1 is 1.38 bits per heavy atom. The van der Waals surface area contributed by atoms with E-state index in [9.17, 15) is 8.42 Å². The van der Waals surface area contributed by atoms with Crippen molar-refractivity contribution in [1.29, 1.82) is 0 Å². The van der Waals surface area contributed by atoms with E-state index in [0.717, 1.165) is 38.5 Å². The van der Waals surface area contributed by atoms with Crippen molar-refractivity contribution < 1.29 is 17.9 Å². The van der Waals surface area contributed by atoms with Crippen LogP contribution in [0.15, 0.2) is 4.99 Å². The molecule has 0 amide bonds. The smallest absolute Gasteiger partial charge is 0.211 e. The van der Waals surface area contributed by atoms with E-state index in [0.29, 0.717) is 38.8 Å². The van der Waals surface area contributed by atoms with Crippen molar-refractivity contribution in [2.75, 3.05) is 73.0 Å². The molecule has 0 bridgehead atoms. The molecule has 1 rings (SSSR count). The van der Waals surface area contributed by atoms with Crippen LogP contribution in [0.25, 0.3) is 0 Å². The van der Waals surface area contributed by atoms with Crippen molar-refractivity contribution in [1.82, 2.24) is 14.5 Å². The van der Waals surface area contributed by atoms with Gasteiger partial charge in [0, 0.05) is 52.8 Å². The summed E-state index contributed by atoms with van der Waals surface area (Å²) < 4.78 is 35.2. The highest BCUT2D eigenvalue weighted by atomic mass is 127. The van der Waals surface area contributed by atoms with Crippen LogP contribution in [-0.4, -0.2) is 96.5 Å². The SMILES string of the molecule is CCN(CCCNC(=NC)N1CCC(COCCOC)C1)S(C)(=O)=O.I. The number of ether oxygens (including phenoxy) is 2. The molecule has 156 valence electrons. The Labute approximate surface area is 175 Å². The highest BCUT2D eigenvalue weighted by Gasteiger charge is 2.24. The van der Waals surface area contributed by atoms with Crippen molar-refractivity contribution in [3.05, 3.63) is 0 Å². The molecule has 10 heteroatoms. The van der Waals surface area contributed by atoms with Crippen molar-refractivity contribution in [2.24, 2.45) is 10.9 Å². The maximum absolute atomic E-state index is 11.6. The Kier molecular flexibility index (Phi) is 13.8. The number of nitrogens with zero attached hydrogens (tertiary/aromatic N) is 3. The molecule has 0 aromatic heterocycles. The number of methoxy groups -OCH3 is 1. The minimum Gasteiger partial charge on any atom is -0.382 e. The Morgan fingerprint density at radius 2 is 2.12 bits per heavy atom. The molecule has 1 unspecified atom stereocenters. The second-order valence-electron chi connectivity index (χ2n) is 6.25. The normalized spacial score (nSPS) is 18.3. The number of likely N-dealkylation sites (tertiary alicyclic amines) is 1. The number of aliphatic imine (C=N–C) groups is 1. The fourth-order valence-electron chi connectivity index (χ4n) is 2.90. The molecule has 0 saturated carbocycles. The Bertz CT molecular complexity index is 504. The van der Waals surface area contributed by atoms with Gasteiger partial charge in [-0.15, -0.1) is 24.0 Å². The van der Waals surface area contributed by atoms with Crippen LogP contribution < -0.4 is 5.32 Å². The van der Waals surface area contributed by atoms with Gasteiger partial charge in [-0.05, 0) is 12.8 Å². The Hall–Kier alpha value is -0.170. The van der Waals surface area contributed by atoms with Gasteiger partial charge in [-0.1, -0.05) is 6.92 Å². The summed E-state index contributed by atoms with van der Waals surface area (Å²) in [7, 11) is 0.335. The molecule has 0 aromatic rings. The molecule has 0 aliphatic carbocycles. The third-order valence-electron chi connectivity index (χ3n) is 4.27. The number of guanidine groups is 1. The fraction of sp³-hybridized carbons (Fsp3) is 0.938. The summed E-state index contributed by atoms with van der Waals surface area (Å²) >= 11 is 0. The first-order chi connectivity index (χ1) is 11.9. The summed E-state index contributed by atoms with van der Waals surface area (Å²) in [4.78, 5) is 6.57. The van der Waals surface area contributed by atoms with Gasteiger partial charge >= 0.3 is 0 Å². The standard InChI is InChI=1S/C16H34N4O4S.HI/c1-5-20(25(4,21)22)9-6-8-18-16(17-2)19-10-7-15(13-19)14-24-12-11-23-3;/h15H,5-14H2,1-4H3,(H,17,18);1H. The highest BCUT2D eigenvalue weighted by molar-refractivity contribution is 14.0. The van der Waals surface area contributed by atoms with E-state index in [1.165, 1.54) is 10.6 Å². The summed E-state index contributed by atoms with van der Waals surface area (Å²) in [6.07, 6.45) is 3.09. The number of nitrogens with one attached hydrogen (secondary N) is 1. The molecule has 1 heterocycles. The van der Waals surface area contributed by atoms with Gasteiger partial charge in [0.2, 0.25) is 10.0 Å². The molecule has 8 nitrogen and oxygen atoms in total. The van der Waals surface area contributed by atoms with E-state index in [1.54, 1.807) is 14.2 Å². The average Bonchev–Trinajstić information content (AvgIpc) is 3.02. The van der Waals surface area contributed by atoms with Gasteiger partial charge in [-0.3, -0.25) is 4.99 Å². The van der Waals surface area contributed by atoms with Crippen LogP contribution in [0.4, 0.5) is 0 Å². The maximum Gasteiger partial charge on any atom is 0.211 e. The van der Waals surface area contributed by atoms with Gasteiger partial charge < -0.3 is 19.7 Å². The van der Waals surface area contributed by atoms with Gasteiger partial charge in [-0.25, -0.2) is 12.7 Å². The van der Waals surface area contributed by atoms with Gasteiger partial charge in [0.05, 0.1) is 26.1 Å². The molecule has 0 radical (unpaired) electrons. The van der Waals surface area contributed by atoms with Gasteiger partial charge in [-0.2, -0.15) is 0 Å². The van der Waals surface area contributed by atoms with Crippen LogP contribution in [0, 0.1) is 5.92 Å². The lowest BCUT2D eigenvalue weighted by Crippen LogP contribution is -2.41. The third kappa shape index (κ3) is 9.67. The molecular formula is C16H35IN4O4S. The zero-order chi connectivity index (χ0) is 18.7. The quantitative estimate of drug-likeness (QED) is 0.194. The van der Waals surface area contributed by atoms with Crippen LogP contribution in [0.1, 0.15) is 19.8 Å². The average molecular weight is 506 g/mol. The summed E-state index contributed by atoms with van der Waals surface area (Å²) in [6.45, 7) is 7.47. The lowest BCUT2D eigenvalue weighted by Gasteiger charge is -2.23. The molecule has 1 saturated heterocycles. The molecule has 1 N–H and O–H groups in total. The minimum atomic E-state index is -3.12. The summed E-state index contributed by atoms with van der Waals surface area (Å²) in [6, 6.07) is 0. The van der Waals surface area contributed by atoms with Crippen molar-refractivity contribution >= 4 is 40.0 Å². The van der Waals surface area contributed by atoms with Crippen LogP contribution >= 0.6 is 24.0 Å². The van der Waals surface area contributed by atoms with Gasteiger partial charge in [0.1, 0.15) is 0 Å². The molecule has 0 aromatic carbocycles. The van der Waals surface area contributed by atoms with Crippen molar-refractivity contribution in [3.63, 3.8) is 0 Å². The van der Waals surface area contributed by atoms with E-state index in [1.807, 2.05) is 6.92 Å². The number of rotatable bonds is 11. The lowest BCUT2D eigenvalue weighted by molar-refractivity contribution is 0.0536. The lowest BCUT2D eigenvalue weighted by atomic mass is 10.1. The Morgan fingerprint density at radius 3 is 2.69 bits per heavy atom. The predicted molar refractivity (Wildman–Crippen MR) is 116 cm³/mol. The fourth-order valence-corrected chi connectivity index (χ4v) is 3.83. The van der Waals surface area contributed by atoms with Crippen LogP contribution in [0.2, 0.25) is 0 Å². The van der Waals surface area contributed by atoms with E-state index in [4.69, 9.17) is 9.47 Å². The van der Waals surface area contributed by atoms with E-state index in [2.05, 4.69) is 15.2 Å². The first-order valence-corrected chi connectivity index (χ1v) is 10.7. The Balaban J connectivity index is 0.00000625. The maximum atomic E-state index is 11.6. The van der Waals surface area contributed by atoms with Gasteiger partial charge in [0.25, 0.3) is 0 Å². The molecule has 1 fully saturated rings. The van der Waals surface area contributed by atoms with Crippen molar-refractivity contribution in [3.8, 4) is 0 Å². The number of halogens is 1. The number of hydrogen-bond donors (Lipinski definition) is 1. The summed E-state index contributed by atoms with van der Waals surface area (Å²) in [5.74, 6) is 1.39. The minimum absolute atomic E-state index is 0. The second-order valence-corrected chi connectivity index (χ2v) is 8.23. The second kappa shape index (κ2) is 13.9. The zero-order valence-corrected chi connectivity index (χ0v) is 19.6. The zero-order valence-electron chi connectivity index (χ0n) is 16.4. The molecule has 1 aliphatic heterocycles. The summed E-state index contributed by atoms with van der Waals surface area (Å²) in [5.41, 5.74) is 0. The highest BCUT2D eigenvalue weighted by Crippen LogP contribution is 2.16. The topological polar surface area (TPSA) is 83.5 Å². The van der Waals surface area contributed by atoms with E-state index in [-0.39, 0.29) is 24.0 Å². The third-order valence-corrected chi connectivity index (χ3v) is 5.65. The van der Waals surface area contributed by atoms with Crippen LogP contribution in [0.5, 0.6) is 0 Å². The van der Waals surface area contributed by atoms with Crippen LogP contribution in [0.3, 0.4) is 0 Å². The molecule has 1 aliphatic rings. The number of sulfonamides is 1. The predicted octanol–water partition coefficient (Wildman–Crippen LogP) is 0.836. The van der Waals surface area contributed by atoms with Gasteiger partial charge in [0.15, 0.2) is 5.96 Å². The first-order valence-electron chi connectivity index (χ1n) is 8.89. The summed E-state index contributed by atoms with van der Waals surface area (Å²) in [5, 5.41) is 3.33. The largest absolute Gasteiger partial charge is 0.382 e. The van der Waals surface area contributed by atoms with Crippen LogP contribution in [-0.2, 0) is 19.5 Å². The molecular weight excluding hydrogens is 471 g/mol. The molecule has 0 spiro atoms. The van der Waals surface area contributed by atoms with E-state index < -0.39 is 10.0 Å². The monoisotopic (exact) mass is 506 g/mol. The van der Waals surface area contributed by atoms with E-state index >= 15 is 0 Å². The molecule has 26 heavy (non-hydrogen) atoms. The number of hydrogen-bond acceptors (Lipinski definition) is 5.